The van der Waals surface area contributed by atoms with Crippen molar-refractivity contribution in [3.63, 3.8) is 0 Å². The van der Waals surface area contributed by atoms with Gasteiger partial charge in [0.15, 0.2) is 0 Å². The summed E-state index contributed by atoms with van der Waals surface area (Å²) in [5.74, 6) is 0.161. The van der Waals surface area contributed by atoms with Crippen molar-refractivity contribution in [2.24, 2.45) is 5.92 Å². The second kappa shape index (κ2) is 5.43. The van der Waals surface area contributed by atoms with Gasteiger partial charge >= 0.3 is 0 Å². The van der Waals surface area contributed by atoms with Crippen molar-refractivity contribution in [1.29, 1.82) is 0 Å². The molecule has 1 fully saturated rings. The summed E-state index contributed by atoms with van der Waals surface area (Å²) in [6.45, 7) is 4.77. The molecule has 1 aromatic rings. The predicted octanol–water partition coefficient (Wildman–Crippen LogP) is 2.30. The lowest BCUT2D eigenvalue weighted by atomic mass is 9.91. The van der Waals surface area contributed by atoms with Crippen molar-refractivity contribution in [2.45, 2.75) is 38.9 Å². The molecule has 2 heterocycles. The number of piperidine rings is 1. The molecular formula is C12H20FN3. The van der Waals surface area contributed by atoms with Gasteiger partial charge in [0.05, 0.1) is 5.69 Å². The zero-order chi connectivity index (χ0) is 11.4. The SMILES string of the molecule is CCCn1nccc1C(F)C1CCNCC1. The Hall–Kier alpha value is -0.900. The maximum Gasteiger partial charge on any atom is 0.144 e. The number of hydrogen-bond acceptors (Lipinski definition) is 2. The van der Waals surface area contributed by atoms with Gasteiger partial charge in [-0.25, -0.2) is 4.39 Å². The average molecular weight is 225 g/mol. The van der Waals surface area contributed by atoms with E-state index in [1.807, 2.05) is 10.7 Å². The molecule has 0 bridgehead atoms. The molecule has 0 aliphatic carbocycles. The standard InChI is InChI=1S/C12H20FN3/c1-2-9-16-11(5-8-15-16)12(13)10-3-6-14-7-4-10/h5,8,10,12,14H,2-4,6-7,9H2,1H3. The molecule has 4 heteroatoms. The first-order chi connectivity index (χ1) is 7.83. The molecule has 1 unspecified atom stereocenters. The Bertz CT molecular complexity index is 318. The summed E-state index contributed by atoms with van der Waals surface area (Å²) in [4.78, 5) is 0. The molecule has 1 atom stereocenters. The number of aromatic nitrogens is 2. The fourth-order valence-corrected chi connectivity index (χ4v) is 2.35. The first kappa shape index (κ1) is 11.6. The highest BCUT2D eigenvalue weighted by Crippen LogP contribution is 2.31. The molecule has 0 aromatic carbocycles. The average Bonchev–Trinajstić information content (AvgIpc) is 2.78. The Labute approximate surface area is 96.0 Å². The number of halogens is 1. The normalized spacial score (nSPS) is 19.9. The van der Waals surface area contributed by atoms with Crippen LogP contribution in [-0.4, -0.2) is 22.9 Å². The van der Waals surface area contributed by atoms with E-state index in [0.29, 0.717) is 0 Å². The summed E-state index contributed by atoms with van der Waals surface area (Å²) in [6, 6.07) is 1.82. The van der Waals surface area contributed by atoms with E-state index in [9.17, 15) is 4.39 Å². The van der Waals surface area contributed by atoms with E-state index in [2.05, 4.69) is 17.3 Å². The molecule has 1 aliphatic heterocycles. The largest absolute Gasteiger partial charge is 0.317 e. The van der Waals surface area contributed by atoms with Crippen LogP contribution in [0.3, 0.4) is 0 Å². The van der Waals surface area contributed by atoms with E-state index in [1.54, 1.807) is 6.20 Å². The number of aryl methyl sites for hydroxylation is 1. The number of nitrogens with zero attached hydrogens (tertiary/aromatic N) is 2. The number of hydrogen-bond donors (Lipinski definition) is 1. The molecule has 1 N–H and O–H groups in total. The van der Waals surface area contributed by atoms with Gasteiger partial charge in [-0.1, -0.05) is 6.92 Å². The quantitative estimate of drug-likeness (QED) is 0.852. The minimum Gasteiger partial charge on any atom is -0.317 e. The molecule has 1 aliphatic rings. The summed E-state index contributed by atoms with van der Waals surface area (Å²) >= 11 is 0. The van der Waals surface area contributed by atoms with Gasteiger partial charge in [-0.15, -0.1) is 0 Å². The molecule has 1 saturated heterocycles. The van der Waals surface area contributed by atoms with Gasteiger partial charge in [-0.05, 0) is 44.3 Å². The Morgan fingerprint density at radius 2 is 2.31 bits per heavy atom. The third kappa shape index (κ3) is 2.43. The summed E-state index contributed by atoms with van der Waals surface area (Å²) < 4.78 is 16.2. The van der Waals surface area contributed by atoms with Crippen LogP contribution in [0.15, 0.2) is 12.3 Å². The van der Waals surface area contributed by atoms with Gasteiger partial charge in [0, 0.05) is 12.7 Å². The van der Waals surface area contributed by atoms with Gasteiger partial charge in [0.2, 0.25) is 0 Å². The van der Waals surface area contributed by atoms with E-state index in [1.165, 1.54) is 0 Å². The lowest BCUT2D eigenvalue weighted by molar-refractivity contribution is 0.179. The lowest BCUT2D eigenvalue weighted by Crippen LogP contribution is -2.30. The van der Waals surface area contributed by atoms with E-state index in [-0.39, 0.29) is 5.92 Å². The van der Waals surface area contributed by atoms with Crippen LogP contribution in [0.4, 0.5) is 4.39 Å². The minimum atomic E-state index is -0.851. The fraction of sp³-hybridized carbons (Fsp3) is 0.750. The Morgan fingerprint density at radius 1 is 1.56 bits per heavy atom. The first-order valence-electron chi connectivity index (χ1n) is 6.19. The van der Waals surface area contributed by atoms with Crippen molar-refractivity contribution in [3.05, 3.63) is 18.0 Å². The third-order valence-corrected chi connectivity index (χ3v) is 3.27. The zero-order valence-corrected chi connectivity index (χ0v) is 9.82. The third-order valence-electron chi connectivity index (χ3n) is 3.27. The summed E-state index contributed by atoms with van der Waals surface area (Å²) in [7, 11) is 0. The predicted molar refractivity (Wildman–Crippen MR) is 62.0 cm³/mol. The number of nitrogens with one attached hydrogen (secondary N) is 1. The van der Waals surface area contributed by atoms with Crippen molar-refractivity contribution < 1.29 is 4.39 Å². The second-order valence-corrected chi connectivity index (χ2v) is 4.47. The van der Waals surface area contributed by atoms with Gasteiger partial charge in [-0.3, -0.25) is 4.68 Å². The Morgan fingerprint density at radius 3 is 3.00 bits per heavy atom. The molecule has 0 radical (unpaired) electrons. The van der Waals surface area contributed by atoms with Crippen LogP contribution in [0.5, 0.6) is 0 Å². The van der Waals surface area contributed by atoms with Crippen LogP contribution in [0.2, 0.25) is 0 Å². The molecule has 0 spiro atoms. The molecule has 0 amide bonds. The molecule has 3 nitrogen and oxygen atoms in total. The topological polar surface area (TPSA) is 29.9 Å². The first-order valence-corrected chi connectivity index (χ1v) is 6.19. The molecule has 1 aromatic heterocycles. The minimum absolute atomic E-state index is 0.161. The highest BCUT2D eigenvalue weighted by molar-refractivity contribution is 5.06. The van der Waals surface area contributed by atoms with Crippen molar-refractivity contribution in [1.82, 2.24) is 15.1 Å². The lowest BCUT2D eigenvalue weighted by Gasteiger charge is -2.26. The Kier molecular flexibility index (Phi) is 3.93. The van der Waals surface area contributed by atoms with Crippen molar-refractivity contribution >= 4 is 0 Å². The van der Waals surface area contributed by atoms with Crippen molar-refractivity contribution in [2.75, 3.05) is 13.1 Å². The van der Waals surface area contributed by atoms with E-state index in [4.69, 9.17) is 0 Å². The Balaban J connectivity index is 2.06. The van der Waals surface area contributed by atoms with Crippen LogP contribution in [0, 0.1) is 5.92 Å². The molecule has 0 saturated carbocycles. The van der Waals surface area contributed by atoms with Crippen LogP contribution < -0.4 is 5.32 Å². The van der Waals surface area contributed by atoms with Crippen LogP contribution in [-0.2, 0) is 6.54 Å². The van der Waals surface area contributed by atoms with Gasteiger partial charge in [0.25, 0.3) is 0 Å². The number of alkyl halides is 1. The van der Waals surface area contributed by atoms with Gasteiger partial charge in [0.1, 0.15) is 6.17 Å². The maximum atomic E-state index is 14.3. The second-order valence-electron chi connectivity index (χ2n) is 4.47. The van der Waals surface area contributed by atoms with Gasteiger partial charge < -0.3 is 5.32 Å². The summed E-state index contributed by atoms with van der Waals surface area (Å²) in [5.41, 5.74) is 0.758. The van der Waals surface area contributed by atoms with Crippen LogP contribution >= 0.6 is 0 Å². The fourth-order valence-electron chi connectivity index (χ4n) is 2.35. The molecule has 16 heavy (non-hydrogen) atoms. The number of rotatable bonds is 4. The molecule has 90 valence electrons. The zero-order valence-electron chi connectivity index (χ0n) is 9.82. The van der Waals surface area contributed by atoms with Crippen molar-refractivity contribution in [3.8, 4) is 0 Å². The monoisotopic (exact) mass is 225 g/mol. The van der Waals surface area contributed by atoms with Crippen LogP contribution in [0.1, 0.15) is 38.1 Å². The molecule has 2 rings (SSSR count). The maximum absolute atomic E-state index is 14.3. The highest BCUT2D eigenvalue weighted by Gasteiger charge is 2.26. The molecular weight excluding hydrogens is 205 g/mol. The van der Waals surface area contributed by atoms with E-state index < -0.39 is 6.17 Å². The van der Waals surface area contributed by atoms with E-state index in [0.717, 1.165) is 44.6 Å². The summed E-state index contributed by atoms with van der Waals surface area (Å²) in [5, 5.41) is 7.45. The highest BCUT2D eigenvalue weighted by atomic mass is 19.1. The van der Waals surface area contributed by atoms with E-state index >= 15 is 0 Å². The van der Waals surface area contributed by atoms with Gasteiger partial charge in [-0.2, -0.15) is 5.10 Å². The smallest absolute Gasteiger partial charge is 0.144 e. The van der Waals surface area contributed by atoms with Crippen LogP contribution in [0.25, 0.3) is 0 Å². The summed E-state index contributed by atoms with van der Waals surface area (Å²) in [6.07, 6.45) is 3.71.